The van der Waals surface area contributed by atoms with Gasteiger partial charge < -0.3 is 9.84 Å². The highest BCUT2D eigenvalue weighted by molar-refractivity contribution is 7.89. The minimum atomic E-state index is -3.74. The molecule has 0 aliphatic heterocycles. The van der Waals surface area contributed by atoms with Gasteiger partial charge in [-0.2, -0.15) is 0 Å². The Hall–Kier alpha value is -1.89. The predicted octanol–water partition coefficient (Wildman–Crippen LogP) is 2.63. The molecule has 2 N–H and O–H groups in total. The lowest BCUT2D eigenvalue weighted by molar-refractivity contribution is 0.182. The molecule has 0 saturated heterocycles. The quantitative estimate of drug-likeness (QED) is 0.841. The lowest BCUT2D eigenvalue weighted by Gasteiger charge is -2.18. The summed E-state index contributed by atoms with van der Waals surface area (Å²) in [5.41, 5.74) is 2.71. The summed E-state index contributed by atoms with van der Waals surface area (Å²) in [4.78, 5) is 0.237. The number of ether oxygens (including phenoxy) is 1. The number of methoxy groups -OCH3 is 1. The molecule has 0 saturated carbocycles. The van der Waals surface area contributed by atoms with Crippen molar-refractivity contribution in [2.45, 2.75) is 31.8 Å². The van der Waals surface area contributed by atoms with Crippen LogP contribution < -0.4 is 9.46 Å². The van der Waals surface area contributed by atoms with Crippen LogP contribution in [-0.4, -0.2) is 27.2 Å². The molecule has 0 bridgehead atoms. The van der Waals surface area contributed by atoms with E-state index in [1.165, 1.54) is 0 Å². The molecule has 24 heavy (non-hydrogen) atoms. The highest BCUT2D eigenvalue weighted by Crippen LogP contribution is 2.30. The van der Waals surface area contributed by atoms with E-state index in [1.54, 1.807) is 51.3 Å². The van der Waals surface area contributed by atoms with Gasteiger partial charge in [-0.3, -0.25) is 0 Å². The van der Waals surface area contributed by atoms with Crippen LogP contribution in [0.25, 0.3) is 0 Å². The zero-order valence-corrected chi connectivity index (χ0v) is 15.1. The Morgan fingerprint density at radius 2 is 1.75 bits per heavy atom. The van der Waals surface area contributed by atoms with Crippen molar-refractivity contribution in [3.05, 3.63) is 58.7 Å². The van der Waals surface area contributed by atoms with Crippen LogP contribution in [0.1, 0.15) is 28.4 Å². The minimum Gasteiger partial charge on any atom is -0.496 e. The summed E-state index contributed by atoms with van der Waals surface area (Å²) >= 11 is 0. The van der Waals surface area contributed by atoms with E-state index in [4.69, 9.17) is 4.74 Å². The predicted molar refractivity (Wildman–Crippen MR) is 93.8 cm³/mol. The third kappa shape index (κ3) is 3.77. The fraction of sp³-hybridized carbons (Fsp3) is 0.333. The molecule has 0 aliphatic carbocycles. The molecule has 0 radical (unpaired) electrons. The maximum atomic E-state index is 12.7. The molecule has 2 aromatic carbocycles. The molecular weight excluding hydrogens is 326 g/mol. The minimum absolute atomic E-state index is 0.0870. The van der Waals surface area contributed by atoms with Crippen molar-refractivity contribution in [3.63, 3.8) is 0 Å². The van der Waals surface area contributed by atoms with Gasteiger partial charge in [0, 0.05) is 6.54 Å². The molecule has 0 fully saturated rings. The summed E-state index contributed by atoms with van der Waals surface area (Å²) in [6.45, 7) is 5.23. The molecule has 130 valence electrons. The first-order valence-corrected chi connectivity index (χ1v) is 9.13. The summed E-state index contributed by atoms with van der Waals surface area (Å²) < 4.78 is 33.2. The van der Waals surface area contributed by atoms with Crippen LogP contribution in [0.5, 0.6) is 5.75 Å². The van der Waals surface area contributed by atoms with Crippen molar-refractivity contribution in [1.29, 1.82) is 0 Å². The summed E-state index contributed by atoms with van der Waals surface area (Å²) in [5, 5.41) is 10.2. The molecule has 2 rings (SSSR count). The number of benzene rings is 2. The molecule has 6 heteroatoms. The van der Waals surface area contributed by atoms with Gasteiger partial charge in [0.1, 0.15) is 5.75 Å². The van der Waals surface area contributed by atoms with Gasteiger partial charge in [-0.25, -0.2) is 13.1 Å². The molecule has 0 aliphatic rings. The van der Waals surface area contributed by atoms with Crippen molar-refractivity contribution >= 4 is 10.0 Å². The zero-order valence-electron chi connectivity index (χ0n) is 14.3. The fourth-order valence-corrected chi connectivity index (χ4v) is 4.26. The summed E-state index contributed by atoms with van der Waals surface area (Å²) in [7, 11) is -2.18. The molecular formula is C18H23NO4S. The highest BCUT2D eigenvalue weighted by Gasteiger charge is 2.23. The van der Waals surface area contributed by atoms with Gasteiger partial charge in [0.15, 0.2) is 0 Å². The number of hydrogen-bond acceptors (Lipinski definition) is 4. The standard InChI is InChI=1S/C18H23NO4S/c1-12-10-17(23-4)13(2)14(3)18(12)24(21,22)19-11-16(20)15-8-6-5-7-9-15/h5-10,16,19-20H,11H2,1-4H3. The maximum Gasteiger partial charge on any atom is 0.241 e. The summed E-state index contributed by atoms with van der Waals surface area (Å²) in [6.07, 6.45) is -0.902. The molecule has 5 nitrogen and oxygen atoms in total. The Morgan fingerprint density at radius 3 is 2.33 bits per heavy atom. The van der Waals surface area contributed by atoms with Crippen LogP contribution in [0.3, 0.4) is 0 Å². The third-order valence-corrected chi connectivity index (χ3v) is 5.83. The van der Waals surface area contributed by atoms with Crippen LogP contribution >= 0.6 is 0 Å². The second-order valence-electron chi connectivity index (χ2n) is 5.75. The molecule has 0 amide bonds. The van der Waals surface area contributed by atoms with E-state index in [0.717, 1.165) is 5.56 Å². The van der Waals surface area contributed by atoms with Crippen molar-refractivity contribution in [3.8, 4) is 5.75 Å². The number of aliphatic hydroxyl groups is 1. The first-order valence-electron chi connectivity index (χ1n) is 7.65. The molecule has 1 unspecified atom stereocenters. The van der Waals surface area contributed by atoms with Crippen LogP contribution in [0, 0.1) is 20.8 Å². The topological polar surface area (TPSA) is 75.6 Å². The number of aryl methyl sites for hydroxylation is 1. The Labute approximate surface area is 143 Å². The number of aliphatic hydroxyl groups excluding tert-OH is 1. The van der Waals surface area contributed by atoms with E-state index in [0.29, 0.717) is 22.4 Å². The molecule has 2 aromatic rings. The zero-order chi connectivity index (χ0) is 17.9. The van der Waals surface area contributed by atoms with E-state index in [2.05, 4.69) is 4.72 Å². The van der Waals surface area contributed by atoms with Crippen LogP contribution in [0.2, 0.25) is 0 Å². The normalized spacial score (nSPS) is 12.9. The lowest BCUT2D eigenvalue weighted by atomic mass is 10.1. The van der Waals surface area contributed by atoms with Gasteiger partial charge in [-0.05, 0) is 49.1 Å². The van der Waals surface area contributed by atoms with Gasteiger partial charge in [-0.15, -0.1) is 0 Å². The van der Waals surface area contributed by atoms with Crippen LogP contribution in [0.15, 0.2) is 41.3 Å². The average molecular weight is 349 g/mol. The van der Waals surface area contributed by atoms with Crippen molar-refractivity contribution < 1.29 is 18.3 Å². The van der Waals surface area contributed by atoms with Gasteiger partial charge in [0.05, 0.1) is 18.1 Å². The van der Waals surface area contributed by atoms with Crippen molar-refractivity contribution in [2.75, 3.05) is 13.7 Å². The Kier molecular flexibility index (Phi) is 5.64. The van der Waals surface area contributed by atoms with Gasteiger partial charge >= 0.3 is 0 Å². The lowest BCUT2D eigenvalue weighted by Crippen LogP contribution is -2.29. The van der Waals surface area contributed by atoms with Gasteiger partial charge in [-0.1, -0.05) is 30.3 Å². The second kappa shape index (κ2) is 7.34. The van der Waals surface area contributed by atoms with Gasteiger partial charge in [0.2, 0.25) is 10.0 Å². The van der Waals surface area contributed by atoms with E-state index in [9.17, 15) is 13.5 Å². The van der Waals surface area contributed by atoms with Crippen molar-refractivity contribution in [1.82, 2.24) is 4.72 Å². The van der Waals surface area contributed by atoms with E-state index in [1.807, 2.05) is 13.0 Å². The second-order valence-corrected chi connectivity index (χ2v) is 7.46. The fourth-order valence-electron chi connectivity index (χ4n) is 2.70. The molecule has 0 spiro atoms. The first-order chi connectivity index (χ1) is 11.3. The monoisotopic (exact) mass is 349 g/mol. The van der Waals surface area contributed by atoms with Gasteiger partial charge in [0.25, 0.3) is 0 Å². The van der Waals surface area contributed by atoms with E-state index < -0.39 is 16.1 Å². The highest BCUT2D eigenvalue weighted by atomic mass is 32.2. The van der Waals surface area contributed by atoms with E-state index >= 15 is 0 Å². The number of nitrogens with one attached hydrogen (secondary N) is 1. The third-order valence-electron chi connectivity index (χ3n) is 4.12. The number of rotatable bonds is 6. The SMILES string of the molecule is COc1cc(C)c(S(=O)(=O)NCC(O)c2ccccc2)c(C)c1C. The smallest absolute Gasteiger partial charge is 0.241 e. The number of sulfonamides is 1. The number of hydrogen-bond donors (Lipinski definition) is 2. The largest absolute Gasteiger partial charge is 0.496 e. The molecule has 1 atom stereocenters. The Bertz CT molecular complexity index is 817. The Balaban J connectivity index is 2.27. The van der Waals surface area contributed by atoms with Crippen molar-refractivity contribution in [2.24, 2.45) is 0 Å². The summed E-state index contributed by atoms with van der Waals surface area (Å²) in [6, 6.07) is 10.7. The average Bonchev–Trinajstić information content (AvgIpc) is 2.56. The Morgan fingerprint density at radius 1 is 1.12 bits per heavy atom. The summed E-state index contributed by atoms with van der Waals surface area (Å²) in [5.74, 6) is 0.660. The van der Waals surface area contributed by atoms with Crippen LogP contribution in [-0.2, 0) is 10.0 Å². The maximum absolute atomic E-state index is 12.7. The molecule has 0 aromatic heterocycles. The molecule has 0 heterocycles. The first kappa shape index (κ1) is 18.4. The van der Waals surface area contributed by atoms with Crippen LogP contribution in [0.4, 0.5) is 0 Å². The van der Waals surface area contributed by atoms with E-state index in [-0.39, 0.29) is 11.4 Å².